The summed E-state index contributed by atoms with van der Waals surface area (Å²) in [7, 11) is 0. The average molecular weight is 245 g/mol. The van der Waals surface area contributed by atoms with E-state index in [0.717, 1.165) is 6.54 Å². The highest BCUT2D eigenvalue weighted by atomic mass is 16.3. The van der Waals surface area contributed by atoms with Gasteiger partial charge in [-0.3, -0.25) is 0 Å². The van der Waals surface area contributed by atoms with Crippen molar-refractivity contribution in [2.45, 2.75) is 38.1 Å². The molecule has 0 spiro atoms. The minimum atomic E-state index is 0.372. The van der Waals surface area contributed by atoms with E-state index < -0.39 is 0 Å². The summed E-state index contributed by atoms with van der Waals surface area (Å²) < 4.78 is 0. The lowest BCUT2D eigenvalue weighted by Crippen LogP contribution is -2.35. The van der Waals surface area contributed by atoms with Gasteiger partial charge in [-0.15, -0.1) is 0 Å². The molecule has 2 N–H and O–H groups in total. The third-order valence-corrected chi connectivity index (χ3v) is 4.77. The van der Waals surface area contributed by atoms with Gasteiger partial charge in [-0.25, -0.2) is 0 Å². The Hall–Kier alpha value is -0.860. The van der Waals surface area contributed by atoms with E-state index in [4.69, 9.17) is 0 Å². The van der Waals surface area contributed by atoms with E-state index in [0.29, 0.717) is 24.5 Å². The maximum atomic E-state index is 9.34. The molecule has 0 heterocycles. The quantitative estimate of drug-likeness (QED) is 0.852. The van der Waals surface area contributed by atoms with Crippen LogP contribution in [0, 0.1) is 11.8 Å². The minimum absolute atomic E-state index is 0.372. The molecule has 1 aromatic rings. The van der Waals surface area contributed by atoms with Gasteiger partial charge in [0, 0.05) is 12.6 Å². The zero-order chi connectivity index (χ0) is 12.4. The van der Waals surface area contributed by atoms with Gasteiger partial charge < -0.3 is 10.4 Å². The third-order valence-electron chi connectivity index (χ3n) is 4.77. The summed E-state index contributed by atoms with van der Waals surface area (Å²) in [5.74, 6) is 1.24. The van der Waals surface area contributed by atoms with Gasteiger partial charge in [-0.05, 0) is 55.2 Å². The number of aliphatic hydroxyl groups excluding tert-OH is 1. The Kier molecular flexibility index (Phi) is 3.67. The smallest absolute Gasteiger partial charge is 0.0462 e. The number of rotatable bonds is 4. The highest BCUT2D eigenvalue weighted by molar-refractivity contribution is 5.33. The van der Waals surface area contributed by atoms with E-state index in [9.17, 15) is 5.11 Å². The molecule has 0 aliphatic heterocycles. The van der Waals surface area contributed by atoms with Gasteiger partial charge in [0.25, 0.3) is 0 Å². The van der Waals surface area contributed by atoms with Crippen LogP contribution in [-0.2, 0) is 12.8 Å². The number of hydrogen-bond donors (Lipinski definition) is 2. The van der Waals surface area contributed by atoms with Crippen LogP contribution in [0.2, 0.25) is 0 Å². The highest BCUT2D eigenvalue weighted by Crippen LogP contribution is 2.31. The van der Waals surface area contributed by atoms with Crippen molar-refractivity contribution in [3.05, 3.63) is 35.4 Å². The first kappa shape index (κ1) is 12.2. The van der Waals surface area contributed by atoms with Gasteiger partial charge in [-0.2, -0.15) is 0 Å². The van der Waals surface area contributed by atoms with Crippen molar-refractivity contribution in [2.75, 3.05) is 13.2 Å². The summed E-state index contributed by atoms with van der Waals surface area (Å²) in [4.78, 5) is 0. The summed E-state index contributed by atoms with van der Waals surface area (Å²) >= 11 is 0. The molecule has 2 aliphatic rings. The van der Waals surface area contributed by atoms with Crippen molar-refractivity contribution in [3.8, 4) is 0 Å². The topological polar surface area (TPSA) is 32.3 Å². The van der Waals surface area contributed by atoms with Gasteiger partial charge >= 0.3 is 0 Å². The fraction of sp³-hybridized carbons (Fsp3) is 0.625. The van der Waals surface area contributed by atoms with Gasteiger partial charge in [-0.1, -0.05) is 30.7 Å². The summed E-state index contributed by atoms with van der Waals surface area (Å²) in [5, 5.41) is 13.1. The standard InChI is InChI=1S/C16H23NO/c18-11-15-7-3-6-14(15)10-17-16-8-12-4-1-2-5-13(12)9-16/h1-2,4-5,14-18H,3,6-11H2. The average Bonchev–Trinajstić information content (AvgIpc) is 3.01. The molecule has 2 unspecified atom stereocenters. The normalized spacial score (nSPS) is 27.6. The summed E-state index contributed by atoms with van der Waals surface area (Å²) in [5.41, 5.74) is 3.03. The van der Waals surface area contributed by atoms with Crippen LogP contribution in [0.4, 0.5) is 0 Å². The molecular formula is C16H23NO. The molecule has 1 saturated carbocycles. The van der Waals surface area contributed by atoms with Crippen molar-refractivity contribution in [3.63, 3.8) is 0 Å². The first-order chi connectivity index (χ1) is 8.86. The Labute approximate surface area is 109 Å². The minimum Gasteiger partial charge on any atom is -0.396 e. The fourth-order valence-electron chi connectivity index (χ4n) is 3.64. The van der Waals surface area contributed by atoms with E-state index in [1.54, 1.807) is 0 Å². The monoisotopic (exact) mass is 245 g/mol. The van der Waals surface area contributed by atoms with Crippen LogP contribution in [0.1, 0.15) is 30.4 Å². The van der Waals surface area contributed by atoms with Crippen LogP contribution in [-0.4, -0.2) is 24.3 Å². The molecule has 2 nitrogen and oxygen atoms in total. The van der Waals surface area contributed by atoms with Gasteiger partial charge in [0.05, 0.1) is 0 Å². The molecule has 0 amide bonds. The molecule has 1 fully saturated rings. The first-order valence-electron chi connectivity index (χ1n) is 7.28. The second kappa shape index (κ2) is 5.41. The Morgan fingerprint density at radius 1 is 1.06 bits per heavy atom. The number of hydrogen-bond acceptors (Lipinski definition) is 2. The van der Waals surface area contributed by atoms with Crippen molar-refractivity contribution < 1.29 is 5.11 Å². The SMILES string of the molecule is OCC1CCCC1CNC1Cc2ccccc2C1. The second-order valence-corrected chi connectivity index (χ2v) is 5.92. The van der Waals surface area contributed by atoms with E-state index >= 15 is 0 Å². The Morgan fingerprint density at radius 2 is 1.72 bits per heavy atom. The van der Waals surface area contributed by atoms with E-state index in [2.05, 4.69) is 29.6 Å². The Morgan fingerprint density at radius 3 is 2.39 bits per heavy atom. The fourth-order valence-corrected chi connectivity index (χ4v) is 3.64. The molecule has 2 aliphatic carbocycles. The molecule has 98 valence electrons. The number of aliphatic hydroxyl groups is 1. The molecule has 18 heavy (non-hydrogen) atoms. The molecule has 3 rings (SSSR count). The van der Waals surface area contributed by atoms with Crippen molar-refractivity contribution in [1.82, 2.24) is 5.32 Å². The van der Waals surface area contributed by atoms with Crippen LogP contribution in [0.3, 0.4) is 0 Å². The molecule has 2 heteroatoms. The van der Waals surface area contributed by atoms with Crippen LogP contribution < -0.4 is 5.32 Å². The van der Waals surface area contributed by atoms with Gasteiger partial charge in [0.15, 0.2) is 0 Å². The predicted molar refractivity (Wildman–Crippen MR) is 73.6 cm³/mol. The predicted octanol–water partition coefficient (Wildman–Crippen LogP) is 2.15. The second-order valence-electron chi connectivity index (χ2n) is 5.92. The summed E-state index contributed by atoms with van der Waals surface area (Å²) in [6, 6.07) is 9.40. The Balaban J connectivity index is 1.51. The summed E-state index contributed by atoms with van der Waals surface area (Å²) in [6.45, 7) is 1.46. The lowest BCUT2D eigenvalue weighted by atomic mass is 9.96. The largest absolute Gasteiger partial charge is 0.396 e. The van der Waals surface area contributed by atoms with E-state index in [1.165, 1.54) is 43.2 Å². The van der Waals surface area contributed by atoms with Crippen molar-refractivity contribution in [2.24, 2.45) is 11.8 Å². The Bertz CT molecular complexity index is 379. The maximum Gasteiger partial charge on any atom is 0.0462 e. The molecule has 0 bridgehead atoms. The first-order valence-corrected chi connectivity index (χ1v) is 7.28. The van der Waals surface area contributed by atoms with Crippen LogP contribution in [0.5, 0.6) is 0 Å². The van der Waals surface area contributed by atoms with E-state index in [-0.39, 0.29) is 0 Å². The van der Waals surface area contributed by atoms with Crippen LogP contribution in [0.15, 0.2) is 24.3 Å². The van der Waals surface area contributed by atoms with E-state index in [1.807, 2.05) is 0 Å². The van der Waals surface area contributed by atoms with Crippen LogP contribution in [0.25, 0.3) is 0 Å². The van der Waals surface area contributed by atoms with Crippen molar-refractivity contribution >= 4 is 0 Å². The molecular weight excluding hydrogens is 222 g/mol. The van der Waals surface area contributed by atoms with Gasteiger partial charge in [0.2, 0.25) is 0 Å². The number of fused-ring (bicyclic) bond motifs is 1. The lowest BCUT2D eigenvalue weighted by molar-refractivity contribution is 0.190. The molecule has 0 saturated heterocycles. The molecule has 0 aromatic heterocycles. The molecule has 0 radical (unpaired) electrons. The van der Waals surface area contributed by atoms with Crippen LogP contribution >= 0.6 is 0 Å². The third kappa shape index (κ3) is 2.45. The number of benzene rings is 1. The maximum absolute atomic E-state index is 9.34. The number of nitrogens with one attached hydrogen (secondary N) is 1. The van der Waals surface area contributed by atoms with Gasteiger partial charge in [0.1, 0.15) is 0 Å². The highest BCUT2D eigenvalue weighted by Gasteiger charge is 2.28. The zero-order valence-electron chi connectivity index (χ0n) is 10.9. The summed E-state index contributed by atoms with van der Waals surface area (Å²) in [6.07, 6.45) is 6.15. The lowest BCUT2D eigenvalue weighted by Gasteiger charge is -2.20. The zero-order valence-corrected chi connectivity index (χ0v) is 10.9. The molecule has 1 aromatic carbocycles. The van der Waals surface area contributed by atoms with Crippen molar-refractivity contribution in [1.29, 1.82) is 0 Å². The molecule has 2 atom stereocenters.